The van der Waals surface area contributed by atoms with Crippen molar-refractivity contribution in [1.82, 2.24) is 10.6 Å². The van der Waals surface area contributed by atoms with E-state index < -0.39 is 0 Å². The van der Waals surface area contributed by atoms with Crippen LogP contribution in [0.15, 0.2) is 9.85 Å². The Morgan fingerprint density at radius 3 is 2.80 bits per heavy atom. The number of carbonyl (C=O) groups is 1. The predicted molar refractivity (Wildman–Crippen MR) is 85.5 cm³/mol. The van der Waals surface area contributed by atoms with Gasteiger partial charge in [-0.25, -0.2) is 0 Å². The molecule has 0 unspecified atom stereocenters. The number of hydrogen-bond donors (Lipinski definition) is 2. The third kappa shape index (κ3) is 3.81. The van der Waals surface area contributed by atoms with E-state index >= 15 is 0 Å². The molecular weight excluding hydrogens is 340 g/mol. The molecule has 0 radical (unpaired) electrons. The highest BCUT2D eigenvalue weighted by Crippen LogP contribution is 2.30. The standard InChI is InChI=1S/C14H21BrN2O2S/c1-10-7-11(12(15)20-10)13(18)17-8-14(9-19-2)3-5-16-6-4-14/h7,16H,3-6,8-9H2,1-2H3,(H,17,18). The molecule has 1 aliphatic rings. The number of amides is 1. The van der Waals surface area contributed by atoms with Gasteiger partial charge in [-0.05, 0) is 54.9 Å². The molecule has 1 aromatic rings. The number of methoxy groups -OCH3 is 1. The Hall–Kier alpha value is -0.430. The zero-order valence-electron chi connectivity index (χ0n) is 11.9. The fourth-order valence-corrected chi connectivity index (χ4v) is 4.42. The minimum atomic E-state index is -0.00441. The summed E-state index contributed by atoms with van der Waals surface area (Å²) < 4.78 is 6.27. The highest BCUT2D eigenvalue weighted by Gasteiger charge is 2.32. The summed E-state index contributed by atoms with van der Waals surface area (Å²) in [5.74, 6) is -0.00441. The number of thiophene rings is 1. The number of hydrogen-bond acceptors (Lipinski definition) is 4. The molecule has 0 spiro atoms. The Bertz CT molecular complexity index is 464. The Kier molecular flexibility index (Phi) is 5.60. The second-order valence-electron chi connectivity index (χ2n) is 5.41. The maximum Gasteiger partial charge on any atom is 0.253 e. The molecule has 4 nitrogen and oxygen atoms in total. The van der Waals surface area contributed by atoms with Crippen molar-refractivity contribution in [3.8, 4) is 0 Å². The molecule has 0 saturated carbocycles. The minimum absolute atomic E-state index is 0.00441. The van der Waals surface area contributed by atoms with Gasteiger partial charge in [0.2, 0.25) is 0 Å². The summed E-state index contributed by atoms with van der Waals surface area (Å²) in [7, 11) is 1.73. The minimum Gasteiger partial charge on any atom is -0.384 e. The number of rotatable bonds is 5. The van der Waals surface area contributed by atoms with Crippen molar-refractivity contribution in [3.63, 3.8) is 0 Å². The number of piperidine rings is 1. The SMILES string of the molecule is COCC1(CNC(=O)c2cc(C)sc2Br)CCNCC1. The molecule has 0 aromatic carbocycles. The maximum absolute atomic E-state index is 12.3. The Morgan fingerprint density at radius 2 is 2.25 bits per heavy atom. The molecule has 112 valence electrons. The Balaban J connectivity index is 1.98. The molecule has 0 aliphatic carbocycles. The van der Waals surface area contributed by atoms with Crippen molar-refractivity contribution < 1.29 is 9.53 Å². The zero-order valence-corrected chi connectivity index (χ0v) is 14.3. The van der Waals surface area contributed by atoms with Crippen LogP contribution >= 0.6 is 27.3 Å². The molecule has 2 rings (SSSR count). The van der Waals surface area contributed by atoms with Crippen LogP contribution in [0.1, 0.15) is 28.1 Å². The molecule has 0 atom stereocenters. The molecule has 1 amide bonds. The summed E-state index contributed by atoms with van der Waals surface area (Å²) in [6, 6.07) is 1.93. The first-order valence-electron chi connectivity index (χ1n) is 6.80. The Labute approximate surface area is 132 Å². The number of ether oxygens (including phenoxy) is 1. The van der Waals surface area contributed by atoms with Crippen LogP contribution in [-0.2, 0) is 4.74 Å². The fourth-order valence-electron chi connectivity index (χ4n) is 2.64. The molecule has 1 fully saturated rings. The highest BCUT2D eigenvalue weighted by atomic mass is 79.9. The molecule has 6 heteroatoms. The van der Waals surface area contributed by atoms with E-state index in [9.17, 15) is 4.79 Å². The first-order chi connectivity index (χ1) is 9.56. The van der Waals surface area contributed by atoms with Gasteiger partial charge in [-0.3, -0.25) is 4.79 Å². The van der Waals surface area contributed by atoms with Gasteiger partial charge in [0.05, 0.1) is 16.0 Å². The van der Waals surface area contributed by atoms with Crippen molar-refractivity contribution >= 4 is 33.2 Å². The third-order valence-corrected chi connectivity index (χ3v) is 5.54. The van der Waals surface area contributed by atoms with E-state index in [0.717, 1.165) is 40.2 Å². The van der Waals surface area contributed by atoms with Crippen LogP contribution in [-0.4, -0.2) is 39.3 Å². The summed E-state index contributed by atoms with van der Waals surface area (Å²) in [4.78, 5) is 13.4. The number of nitrogens with one attached hydrogen (secondary N) is 2. The van der Waals surface area contributed by atoms with E-state index in [4.69, 9.17) is 4.74 Å². The van der Waals surface area contributed by atoms with Crippen LogP contribution in [0, 0.1) is 12.3 Å². The molecule has 2 N–H and O–H groups in total. The largest absolute Gasteiger partial charge is 0.384 e. The van der Waals surface area contributed by atoms with Crippen LogP contribution in [0.2, 0.25) is 0 Å². The molecule has 1 aromatic heterocycles. The van der Waals surface area contributed by atoms with Crippen molar-refractivity contribution in [2.45, 2.75) is 19.8 Å². The van der Waals surface area contributed by atoms with Crippen molar-refractivity contribution in [2.24, 2.45) is 5.41 Å². The topological polar surface area (TPSA) is 50.4 Å². The van der Waals surface area contributed by atoms with E-state index in [0.29, 0.717) is 13.2 Å². The van der Waals surface area contributed by atoms with Crippen LogP contribution in [0.25, 0.3) is 0 Å². The number of carbonyl (C=O) groups excluding carboxylic acids is 1. The second-order valence-corrected chi connectivity index (χ2v) is 7.98. The van der Waals surface area contributed by atoms with Gasteiger partial charge in [-0.2, -0.15) is 0 Å². The lowest BCUT2D eigenvalue weighted by molar-refractivity contribution is 0.0511. The van der Waals surface area contributed by atoms with E-state index in [1.165, 1.54) is 0 Å². The average molecular weight is 361 g/mol. The summed E-state index contributed by atoms with van der Waals surface area (Å²) >= 11 is 5.04. The van der Waals surface area contributed by atoms with Gasteiger partial charge in [0.15, 0.2) is 0 Å². The molecule has 1 saturated heterocycles. The van der Waals surface area contributed by atoms with Gasteiger partial charge in [-0.1, -0.05) is 0 Å². The van der Waals surface area contributed by atoms with Crippen molar-refractivity contribution in [1.29, 1.82) is 0 Å². The van der Waals surface area contributed by atoms with E-state index in [1.807, 2.05) is 13.0 Å². The van der Waals surface area contributed by atoms with Gasteiger partial charge >= 0.3 is 0 Å². The van der Waals surface area contributed by atoms with Crippen LogP contribution in [0.4, 0.5) is 0 Å². The van der Waals surface area contributed by atoms with E-state index in [-0.39, 0.29) is 11.3 Å². The van der Waals surface area contributed by atoms with Gasteiger partial charge in [-0.15, -0.1) is 11.3 Å². The average Bonchev–Trinajstić information content (AvgIpc) is 2.77. The first-order valence-corrected chi connectivity index (χ1v) is 8.41. The van der Waals surface area contributed by atoms with Crippen molar-refractivity contribution in [2.75, 3.05) is 33.4 Å². The summed E-state index contributed by atoms with van der Waals surface area (Å²) in [6.07, 6.45) is 2.07. The maximum atomic E-state index is 12.3. The predicted octanol–water partition coefficient (Wildman–Crippen LogP) is 2.57. The molecule has 0 bridgehead atoms. The van der Waals surface area contributed by atoms with Gasteiger partial charge in [0, 0.05) is 23.9 Å². The molecule has 1 aliphatic heterocycles. The van der Waals surface area contributed by atoms with E-state index in [2.05, 4.69) is 26.6 Å². The molecular formula is C14H21BrN2O2S. The lowest BCUT2D eigenvalue weighted by atomic mass is 9.79. The van der Waals surface area contributed by atoms with E-state index in [1.54, 1.807) is 18.4 Å². The van der Waals surface area contributed by atoms with Crippen LogP contribution < -0.4 is 10.6 Å². The lowest BCUT2D eigenvalue weighted by Gasteiger charge is -2.37. The van der Waals surface area contributed by atoms with Gasteiger partial charge in [0.1, 0.15) is 0 Å². The molecule has 2 heterocycles. The fraction of sp³-hybridized carbons (Fsp3) is 0.643. The van der Waals surface area contributed by atoms with Gasteiger partial charge in [0.25, 0.3) is 5.91 Å². The van der Waals surface area contributed by atoms with Crippen LogP contribution in [0.3, 0.4) is 0 Å². The first kappa shape index (κ1) is 15.9. The quantitative estimate of drug-likeness (QED) is 0.848. The summed E-state index contributed by atoms with van der Waals surface area (Å²) in [5, 5.41) is 6.43. The van der Waals surface area contributed by atoms with Crippen molar-refractivity contribution in [3.05, 3.63) is 20.3 Å². The summed E-state index contributed by atoms with van der Waals surface area (Å²) in [6.45, 7) is 5.34. The Morgan fingerprint density at radius 1 is 1.55 bits per heavy atom. The van der Waals surface area contributed by atoms with Crippen LogP contribution in [0.5, 0.6) is 0 Å². The molecule has 20 heavy (non-hydrogen) atoms. The normalized spacial score (nSPS) is 17.9. The zero-order chi connectivity index (χ0) is 14.6. The number of aryl methyl sites for hydroxylation is 1. The lowest BCUT2D eigenvalue weighted by Crippen LogP contribution is -2.47. The van der Waals surface area contributed by atoms with Gasteiger partial charge < -0.3 is 15.4 Å². The third-order valence-electron chi connectivity index (χ3n) is 3.79. The highest BCUT2D eigenvalue weighted by molar-refractivity contribution is 9.11. The monoisotopic (exact) mass is 360 g/mol. The summed E-state index contributed by atoms with van der Waals surface area (Å²) in [5.41, 5.74) is 0.793. The number of halogens is 1. The smallest absolute Gasteiger partial charge is 0.253 e. The second kappa shape index (κ2) is 7.02.